The summed E-state index contributed by atoms with van der Waals surface area (Å²) in [6.07, 6.45) is 0.626. The van der Waals surface area contributed by atoms with Crippen molar-refractivity contribution in [3.05, 3.63) is 39.9 Å². The Balaban J connectivity index is 3.34. The molecule has 0 amide bonds. The Bertz CT molecular complexity index is 441. The molecule has 0 unspecified atom stereocenters. The summed E-state index contributed by atoms with van der Waals surface area (Å²) in [5.41, 5.74) is 2.44. The molecule has 0 heterocycles. The summed E-state index contributed by atoms with van der Waals surface area (Å²) in [7, 11) is 0. The lowest BCUT2D eigenvalue weighted by Gasteiger charge is -2.06. The fraction of sp³-hybridized carbons (Fsp3) is 0.250. The van der Waals surface area contributed by atoms with E-state index in [4.69, 9.17) is 28.5 Å². The molecule has 0 aliphatic carbocycles. The fourth-order valence-electron chi connectivity index (χ4n) is 1.28. The summed E-state index contributed by atoms with van der Waals surface area (Å²) in [6, 6.07) is 7.59. The first-order chi connectivity index (χ1) is 7.10. The molecule has 1 aromatic carbocycles. The lowest BCUT2D eigenvalue weighted by atomic mass is 10.0. The third kappa shape index (κ3) is 2.75. The first-order valence-corrected chi connectivity index (χ1v) is 5.41. The van der Waals surface area contributed by atoms with Crippen LogP contribution in [-0.4, -0.2) is 0 Å². The first kappa shape index (κ1) is 12.1. The number of hydrogen-bond acceptors (Lipinski definition) is 1. The van der Waals surface area contributed by atoms with E-state index in [2.05, 4.69) is 6.07 Å². The van der Waals surface area contributed by atoms with Crippen LogP contribution in [0.2, 0.25) is 5.02 Å². The maximum Gasteiger partial charge on any atom is 0.0962 e. The van der Waals surface area contributed by atoms with Crippen molar-refractivity contribution in [2.24, 2.45) is 0 Å². The summed E-state index contributed by atoms with van der Waals surface area (Å²) < 4.78 is 0. The number of allylic oxidation sites excluding steroid dienone is 1. The molecule has 0 saturated heterocycles. The summed E-state index contributed by atoms with van der Waals surface area (Å²) in [5, 5.41) is 10.0. The lowest BCUT2D eigenvalue weighted by molar-refractivity contribution is 1.16. The smallest absolute Gasteiger partial charge is 0.0962 e. The van der Waals surface area contributed by atoms with Crippen molar-refractivity contribution in [3.8, 4) is 6.07 Å². The van der Waals surface area contributed by atoms with Gasteiger partial charge in [0.1, 0.15) is 0 Å². The molecule has 0 spiro atoms. The van der Waals surface area contributed by atoms with Gasteiger partial charge in [0.05, 0.1) is 11.1 Å². The second-order valence-electron chi connectivity index (χ2n) is 3.22. The van der Waals surface area contributed by atoms with Gasteiger partial charge in [-0.2, -0.15) is 5.26 Å². The monoisotopic (exact) mass is 239 g/mol. The van der Waals surface area contributed by atoms with E-state index in [0.29, 0.717) is 22.0 Å². The van der Waals surface area contributed by atoms with E-state index in [-0.39, 0.29) is 0 Å². The summed E-state index contributed by atoms with van der Waals surface area (Å²) in [5.74, 6) is 0. The van der Waals surface area contributed by atoms with Crippen molar-refractivity contribution < 1.29 is 0 Å². The Morgan fingerprint density at radius 1 is 1.47 bits per heavy atom. The van der Waals surface area contributed by atoms with Gasteiger partial charge < -0.3 is 0 Å². The molecule has 0 aliphatic heterocycles. The van der Waals surface area contributed by atoms with Crippen molar-refractivity contribution in [1.82, 2.24) is 0 Å². The lowest BCUT2D eigenvalue weighted by Crippen LogP contribution is -1.88. The van der Waals surface area contributed by atoms with Crippen LogP contribution in [0.25, 0.3) is 5.03 Å². The number of nitriles is 1. The molecule has 3 heteroatoms. The van der Waals surface area contributed by atoms with Gasteiger partial charge in [-0.3, -0.25) is 0 Å². The Morgan fingerprint density at radius 2 is 2.13 bits per heavy atom. The van der Waals surface area contributed by atoms with Gasteiger partial charge in [0.25, 0.3) is 0 Å². The molecule has 0 saturated carbocycles. The van der Waals surface area contributed by atoms with Crippen LogP contribution in [0.1, 0.15) is 24.5 Å². The fourth-order valence-corrected chi connectivity index (χ4v) is 1.83. The van der Waals surface area contributed by atoms with Gasteiger partial charge in [0.15, 0.2) is 0 Å². The Hall–Kier alpha value is -0.970. The molecule has 0 atom stereocenters. The quantitative estimate of drug-likeness (QED) is 0.696. The SMILES string of the molecule is CC/C(C#N)=C(/Cl)c1cc(Cl)ccc1C. The minimum Gasteiger partial charge on any atom is -0.193 e. The summed E-state index contributed by atoms with van der Waals surface area (Å²) >= 11 is 12.0. The highest BCUT2D eigenvalue weighted by molar-refractivity contribution is 6.49. The highest BCUT2D eigenvalue weighted by Crippen LogP contribution is 2.29. The molecule has 0 aliphatic rings. The standard InChI is InChI=1S/C12H11Cl2N/c1-3-9(7-15)12(14)11-6-10(13)5-4-8(11)2/h4-6H,3H2,1-2H3/b12-9-. The maximum atomic E-state index is 8.89. The molecule has 1 nitrogen and oxygen atoms in total. The molecule has 0 aromatic heterocycles. The molecule has 15 heavy (non-hydrogen) atoms. The Kier molecular flexibility index (Phi) is 4.20. The largest absolute Gasteiger partial charge is 0.193 e. The topological polar surface area (TPSA) is 23.8 Å². The van der Waals surface area contributed by atoms with E-state index in [1.54, 1.807) is 6.07 Å². The predicted molar refractivity (Wildman–Crippen MR) is 64.9 cm³/mol. The number of aryl methyl sites for hydroxylation is 1. The molecule has 78 valence electrons. The molecule has 0 N–H and O–H groups in total. The molecule has 0 bridgehead atoms. The van der Waals surface area contributed by atoms with Crippen LogP contribution in [0.15, 0.2) is 23.8 Å². The molecule has 0 fully saturated rings. The zero-order valence-corrected chi connectivity index (χ0v) is 10.2. The average Bonchev–Trinajstić information content (AvgIpc) is 2.23. The normalized spacial score (nSPS) is 11.9. The number of benzene rings is 1. The first-order valence-electron chi connectivity index (χ1n) is 4.65. The second kappa shape index (κ2) is 5.21. The van der Waals surface area contributed by atoms with Crippen molar-refractivity contribution >= 4 is 28.2 Å². The van der Waals surface area contributed by atoms with E-state index in [1.165, 1.54) is 0 Å². The van der Waals surface area contributed by atoms with Crippen molar-refractivity contribution in [2.75, 3.05) is 0 Å². The van der Waals surface area contributed by atoms with Crippen molar-refractivity contribution in [1.29, 1.82) is 5.26 Å². The average molecular weight is 240 g/mol. The van der Waals surface area contributed by atoms with Gasteiger partial charge in [-0.1, -0.05) is 36.2 Å². The molecular weight excluding hydrogens is 229 g/mol. The zero-order chi connectivity index (χ0) is 11.4. The highest BCUT2D eigenvalue weighted by atomic mass is 35.5. The van der Waals surface area contributed by atoms with Crippen LogP contribution < -0.4 is 0 Å². The van der Waals surface area contributed by atoms with Crippen LogP contribution in [0.5, 0.6) is 0 Å². The third-order valence-electron chi connectivity index (χ3n) is 2.19. The van der Waals surface area contributed by atoms with Crippen molar-refractivity contribution in [2.45, 2.75) is 20.3 Å². The molecule has 1 rings (SSSR count). The number of halogens is 2. The number of rotatable bonds is 2. The van der Waals surface area contributed by atoms with Crippen LogP contribution >= 0.6 is 23.2 Å². The molecule has 0 radical (unpaired) electrons. The zero-order valence-electron chi connectivity index (χ0n) is 8.64. The van der Waals surface area contributed by atoms with Gasteiger partial charge >= 0.3 is 0 Å². The van der Waals surface area contributed by atoms with E-state index in [1.807, 2.05) is 26.0 Å². The third-order valence-corrected chi connectivity index (χ3v) is 2.86. The van der Waals surface area contributed by atoms with Crippen LogP contribution in [0.3, 0.4) is 0 Å². The maximum absolute atomic E-state index is 8.89. The van der Waals surface area contributed by atoms with Crippen LogP contribution in [-0.2, 0) is 0 Å². The van der Waals surface area contributed by atoms with Gasteiger partial charge in [-0.25, -0.2) is 0 Å². The van der Waals surface area contributed by atoms with Gasteiger partial charge in [0, 0.05) is 10.6 Å². The van der Waals surface area contributed by atoms with Crippen LogP contribution in [0, 0.1) is 18.3 Å². The van der Waals surface area contributed by atoms with Crippen molar-refractivity contribution in [3.63, 3.8) is 0 Å². The minimum atomic E-state index is 0.500. The van der Waals surface area contributed by atoms with E-state index >= 15 is 0 Å². The highest BCUT2D eigenvalue weighted by Gasteiger charge is 2.08. The van der Waals surface area contributed by atoms with Crippen LogP contribution in [0.4, 0.5) is 0 Å². The summed E-state index contributed by atoms with van der Waals surface area (Å²) in [6.45, 7) is 3.85. The van der Waals surface area contributed by atoms with E-state index in [9.17, 15) is 0 Å². The predicted octanol–water partition coefficient (Wildman–Crippen LogP) is 4.53. The van der Waals surface area contributed by atoms with Gasteiger partial charge in [-0.05, 0) is 36.6 Å². The summed E-state index contributed by atoms with van der Waals surface area (Å²) in [4.78, 5) is 0. The van der Waals surface area contributed by atoms with Gasteiger partial charge in [-0.15, -0.1) is 0 Å². The molecule has 1 aromatic rings. The second-order valence-corrected chi connectivity index (χ2v) is 4.03. The Labute approximate surface area is 99.9 Å². The number of hydrogen-bond donors (Lipinski definition) is 0. The van der Waals surface area contributed by atoms with E-state index in [0.717, 1.165) is 11.1 Å². The number of nitrogens with zero attached hydrogens (tertiary/aromatic N) is 1. The molecular formula is C12H11Cl2N. The van der Waals surface area contributed by atoms with E-state index < -0.39 is 0 Å². The van der Waals surface area contributed by atoms with Gasteiger partial charge in [0.2, 0.25) is 0 Å². The Morgan fingerprint density at radius 3 is 2.67 bits per heavy atom. The minimum absolute atomic E-state index is 0.500.